The molecular formula is C30H35N3O4. The molecule has 2 aromatic rings. The fourth-order valence-electron chi connectivity index (χ4n) is 7.10. The maximum atomic E-state index is 13.2. The molecule has 1 atom stereocenters. The predicted octanol–water partition coefficient (Wildman–Crippen LogP) is 3.32. The molecule has 3 heterocycles. The van der Waals surface area contributed by atoms with Crippen molar-refractivity contribution in [1.82, 2.24) is 9.80 Å². The Morgan fingerprint density at radius 1 is 1.08 bits per heavy atom. The van der Waals surface area contributed by atoms with Gasteiger partial charge in [0.2, 0.25) is 5.91 Å². The number of hydrogen-bond donors (Lipinski definition) is 1. The van der Waals surface area contributed by atoms with Crippen molar-refractivity contribution in [2.24, 2.45) is 5.73 Å². The van der Waals surface area contributed by atoms with Crippen LogP contribution in [0, 0.1) is 0 Å². The van der Waals surface area contributed by atoms with Crippen LogP contribution in [0.15, 0.2) is 42.5 Å². The van der Waals surface area contributed by atoms with Crippen LogP contribution in [0.5, 0.6) is 5.75 Å². The summed E-state index contributed by atoms with van der Waals surface area (Å²) in [5.41, 5.74) is 9.98. The van der Waals surface area contributed by atoms with Crippen molar-refractivity contribution in [3.05, 3.63) is 64.7 Å². The first-order chi connectivity index (χ1) is 18.0. The van der Waals surface area contributed by atoms with Gasteiger partial charge in [-0.1, -0.05) is 42.8 Å². The zero-order valence-corrected chi connectivity index (χ0v) is 21.3. The lowest BCUT2D eigenvalue weighted by atomic mass is 9.63. The molecule has 1 saturated carbocycles. The second-order valence-corrected chi connectivity index (χ2v) is 11.4. The van der Waals surface area contributed by atoms with Gasteiger partial charge in [-0.2, -0.15) is 0 Å². The maximum absolute atomic E-state index is 13.2. The van der Waals surface area contributed by atoms with Gasteiger partial charge in [-0.15, -0.1) is 0 Å². The lowest BCUT2D eigenvalue weighted by molar-refractivity contribution is -0.122. The van der Waals surface area contributed by atoms with Crippen molar-refractivity contribution in [2.45, 2.75) is 68.4 Å². The van der Waals surface area contributed by atoms with Gasteiger partial charge in [-0.25, -0.2) is 0 Å². The molecule has 1 saturated heterocycles. The van der Waals surface area contributed by atoms with E-state index in [2.05, 4.69) is 41.3 Å². The molecule has 1 aliphatic carbocycles. The summed E-state index contributed by atoms with van der Waals surface area (Å²) < 4.78 is 6.32. The number of nitrogens with two attached hydrogens (primary N) is 1. The van der Waals surface area contributed by atoms with Gasteiger partial charge in [0.05, 0.1) is 13.2 Å². The summed E-state index contributed by atoms with van der Waals surface area (Å²) in [5.74, 6) is 0.0304. The number of hydrogen-bond acceptors (Lipinski definition) is 5. The van der Waals surface area contributed by atoms with E-state index in [9.17, 15) is 14.4 Å². The van der Waals surface area contributed by atoms with Crippen LogP contribution in [0.25, 0.3) is 0 Å². The third kappa shape index (κ3) is 3.95. The Labute approximate surface area is 217 Å². The molecule has 37 heavy (non-hydrogen) atoms. The zero-order chi connectivity index (χ0) is 25.6. The van der Waals surface area contributed by atoms with Crippen LogP contribution in [0.2, 0.25) is 0 Å². The predicted molar refractivity (Wildman–Crippen MR) is 139 cm³/mol. The van der Waals surface area contributed by atoms with E-state index in [-0.39, 0.29) is 24.2 Å². The molecule has 0 bridgehead atoms. The highest BCUT2D eigenvalue weighted by atomic mass is 16.5. The molecule has 1 unspecified atom stereocenters. The molecule has 1 spiro atoms. The molecule has 0 aromatic heterocycles. The zero-order valence-electron chi connectivity index (χ0n) is 21.3. The second-order valence-electron chi connectivity index (χ2n) is 11.4. The van der Waals surface area contributed by atoms with Crippen LogP contribution in [0.3, 0.4) is 0 Å². The third-order valence-corrected chi connectivity index (χ3v) is 9.44. The van der Waals surface area contributed by atoms with Gasteiger partial charge >= 0.3 is 0 Å². The molecule has 4 aliphatic rings. The number of piperidine rings is 1. The van der Waals surface area contributed by atoms with Crippen molar-refractivity contribution >= 4 is 18.1 Å². The topological polar surface area (TPSA) is 92.9 Å². The molecule has 0 radical (unpaired) electrons. The summed E-state index contributed by atoms with van der Waals surface area (Å²) in [6.07, 6.45) is 7.09. The van der Waals surface area contributed by atoms with Crippen LogP contribution in [0.1, 0.15) is 72.0 Å². The Morgan fingerprint density at radius 2 is 1.84 bits per heavy atom. The van der Waals surface area contributed by atoms with Gasteiger partial charge in [0.1, 0.15) is 18.1 Å². The van der Waals surface area contributed by atoms with Gasteiger partial charge in [-0.3, -0.25) is 9.59 Å². The van der Waals surface area contributed by atoms with Gasteiger partial charge in [0, 0.05) is 40.5 Å². The number of carbonyl (C=O) groups is 3. The minimum atomic E-state index is -0.789. The van der Waals surface area contributed by atoms with Gasteiger partial charge in [0.15, 0.2) is 0 Å². The first kappa shape index (κ1) is 24.2. The van der Waals surface area contributed by atoms with Crippen molar-refractivity contribution in [1.29, 1.82) is 0 Å². The number of amides is 2. The van der Waals surface area contributed by atoms with Crippen molar-refractivity contribution in [3.63, 3.8) is 0 Å². The number of nitrogens with zero attached hydrogens (tertiary/aromatic N) is 2. The van der Waals surface area contributed by atoms with Crippen molar-refractivity contribution < 1.29 is 19.1 Å². The largest absolute Gasteiger partial charge is 0.492 e. The van der Waals surface area contributed by atoms with Crippen molar-refractivity contribution in [3.8, 4) is 5.75 Å². The average molecular weight is 502 g/mol. The molecular weight excluding hydrogens is 466 g/mol. The quantitative estimate of drug-likeness (QED) is 0.560. The Bertz CT molecular complexity index is 1210. The average Bonchev–Trinajstić information content (AvgIpc) is 3.41. The number of fused-ring (bicyclic) bond motifs is 4. The Hall–Kier alpha value is -3.19. The van der Waals surface area contributed by atoms with Crippen LogP contribution < -0.4 is 10.5 Å². The summed E-state index contributed by atoms with van der Waals surface area (Å²) in [7, 11) is 0. The number of rotatable bonds is 8. The third-order valence-electron chi connectivity index (χ3n) is 9.44. The first-order valence-corrected chi connectivity index (χ1v) is 13.6. The molecule has 2 aromatic carbocycles. The minimum Gasteiger partial charge on any atom is -0.492 e. The number of ether oxygens (including phenoxy) is 1. The summed E-state index contributed by atoms with van der Waals surface area (Å²) in [4.78, 5) is 40.3. The van der Waals surface area contributed by atoms with Crippen LogP contribution in [-0.4, -0.2) is 60.2 Å². The van der Waals surface area contributed by atoms with E-state index >= 15 is 0 Å². The number of carbonyl (C=O) groups excluding carboxylic acids is 3. The first-order valence-electron chi connectivity index (χ1n) is 13.6. The number of likely N-dealkylation sites (tertiary alicyclic amines) is 1. The number of primary amides is 1. The van der Waals surface area contributed by atoms with Crippen LogP contribution >= 0.6 is 0 Å². The Morgan fingerprint density at radius 3 is 2.49 bits per heavy atom. The van der Waals surface area contributed by atoms with E-state index in [1.54, 1.807) is 0 Å². The Balaban J connectivity index is 1.18. The monoisotopic (exact) mass is 501 g/mol. The van der Waals surface area contributed by atoms with E-state index < -0.39 is 11.9 Å². The normalized spacial score (nSPS) is 22.2. The maximum Gasteiger partial charge on any atom is 0.255 e. The van der Waals surface area contributed by atoms with E-state index in [1.807, 2.05) is 6.07 Å². The van der Waals surface area contributed by atoms with Gasteiger partial charge in [0.25, 0.3) is 5.91 Å². The van der Waals surface area contributed by atoms with E-state index in [4.69, 9.17) is 10.5 Å². The molecule has 2 fully saturated rings. The summed E-state index contributed by atoms with van der Waals surface area (Å²) >= 11 is 0. The second kappa shape index (κ2) is 9.28. The van der Waals surface area contributed by atoms with E-state index in [0.29, 0.717) is 24.1 Å². The molecule has 2 N–H and O–H groups in total. The fraction of sp³-hybridized carbons (Fsp3) is 0.500. The van der Waals surface area contributed by atoms with E-state index in [1.165, 1.54) is 35.3 Å². The fourth-order valence-corrected chi connectivity index (χ4v) is 7.10. The van der Waals surface area contributed by atoms with Crippen molar-refractivity contribution in [2.75, 3.05) is 26.2 Å². The highest BCUT2D eigenvalue weighted by Crippen LogP contribution is 2.50. The molecule has 7 nitrogen and oxygen atoms in total. The lowest BCUT2D eigenvalue weighted by Gasteiger charge is -2.48. The molecule has 7 heteroatoms. The lowest BCUT2D eigenvalue weighted by Crippen LogP contribution is -2.51. The van der Waals surface area contributed by atoms with Gasteiger partial charge < -0.3 is 25.1 Å². The Kier molecular flexibility index (Phi) is 6.06. The smallest absolute Gasteiger partial charge is 0.255 e. The summed E-state index contributed by atoms with van der Waals surface area (Å²) in [6, 6.07) is 14.2. The van der Waals surface area contributed by atoms with Crippen LogP contribution in [0.4, 0.5) is 0 Å². The molecule has 3 aliphatic heterocycles. The highest BCUT2D eigenvalue weighted by Gasteiger charge is 2.48. The molecule has 2 amide bonds. The SMILES string of the molecule is NC(=O)C(CCC=O)N1Cc2c(ccc3c2OCC32CCN(CC3(c4ccccc4)CCC3)CC2)C1=O. The van der Waals surface area contributed by atoms with E-state index in [0.717, 1.165) is 50.1 Å². The summed E-state index contributed by atoms with van der Waals surface area (Å²) in [5, 5.41) is 0. The van der Waals surface area contributed by atoms with Crippen LogP contribution in [-0.2, 0) is 27.0 Å². The summed E-state index contributed by atoms with van der Waals surface area (Å²) in [6.45, 7) is 4.12. The molecule has 6 rings (SSSR count). The highest BCUT2D eigenvalue weighted by molar-refractivity contribution is 6.02. The van der Waals surface area contributed by atoms with Gasteiger partial charge in [-0.05, 0) is 56.8 Å². The standard InChI is InChI=1S/C30H35N3O4/c31-27(35)25(8-4-17-34)33-18-23-22(28(33)36)9-10-24-26(23)37-20-30(24)13-15-32(16-14-30)19-29(11-5-12-29)21-6-2-1-3-7-21/h1-3,6-7,9-10,17,25H,4-5,8,11-16,18-20H2,(H2,31,35). The molecule has 194 valence electrons. The minimum absolute atomic E-state index is 0.0303. The number of benzene rings is 2. The number of aldehydes is 1.